The lowest BCUT2D eigenvalue weighted by Gasteiger charge is -2.31. The standard InChI is InChI=1S/C27H25FN6O/c1-17-13-18(10-11-29-17)25-22-14-19(8-9-24(22)30-31-25)26-32-33-27(35-26)21-6-4-12-34(16-21)15-20-5-2-3-7-23(20)28/h2-3,5,7-11,13-14,21H,4,6,12,15-16H2,1H3,(H,30,31)/t21-/m1/s1. The number of H-pyrrole nitrogens is 1. The minimum atomic E-state index is -0.161. The molecule has 1 saturated heterocycles. The molecule has 0 aliphatic carbocycles. The first kappa shape index (κ1) is 21.6. The van der Waals surface area contributed by atoms with Gasteiger partial charge in [-0.05, 0) is 62.7 Å². The van der Waals surface area contributed by atoms with Crippen LogP contribution in [0.15, 0.2) is 65.2 Å². The molecule has 35 heavy (non-hydrogen) atoms. The smallest absolute Gasteiger partial charge is 0.247 e. The maximum Gasteiger partial charge on any atom is 0.247 e. The van der Waals surface area contributed by atoms with E-state index in [0.717, 1.165) is 59.3 Å². The number of aromatic amines is 1. The first-order valence-electron chi connectivity index (χ1n) is 11.8. The van der Waals surface area contributed by atoms with Gasteiger partial charge >= 0.3 is 0 Å². The Balaban J connectivity index is 1.24. The van der Waals surface area contributed by atoms with Crippen molar-refractivity contribution in [3.8, 4) is 22.7 Å². The maximum atomic E-state index is 14.1. The zero-order valence-corrected chi connectivity index (χ0v) is 19.4. The second-order valence-electron chi connectivity index (χ2n) is 9.13. The molecule has 0 radical (unpaired) electrons. The number of hydrogen-bond donors (Lipinski definition) is 1. The number of nitrogens with zero attached hydrogens (tertiary/aromatic N) is 5. The Morgan fingerprint density at radius 1 is 1.09 bits per heavy atom. The summed E-state index contributed by atoms with van der Waals surface area (Å²) in [7, 11) is 0. The van der Waals surface area contributed by atoms with Gasteiger partial charge in [0, 0.05) is 47.1 Å². The van der Waals surface area contributed by atoms with Gasteiger partial charge in [-0.2, -0.15) is 5.10 Å². The number of pyridine rings is 1. The highest BCUT2D eigenvalue weighted by molar-refractivity contribution is 5.95. The van der Waals surface area contributed by atoms with Crippen molar-refractivity contribution in [1.82, 2.24) is 30.3 Å². The normalized spacial score (nSPS) is 16.7. The molecule has 7 nitrogen and oxygen atoms in total. The third-order valence-corrected chi connectivity index (χ3v) is 6.63. The lowest BCUT2D eigenvalue weighted by molar-refractivity contribution is 0.184. The van der Waals surface area contributed by atoms with Crippen LogP contribution >= 0.6 is 0 Å². The number of benzene rings is 2. The van der Waals surface area contributed by atoms with E-state index in [1.54, 1.807) is 12.3 Å². The van der Waals surface area contributed by atoms with Crippen molar-refractivity contribution in [1.29, 1.82) is 0 Å². The lowest BCUT2D eigenvalue weighted by Crippen LogP contribution is -2.34. The fraction of sp³-hybridized carbons (Fsp3) is 0.259. The van der Waals surface area contributed by atoms with Crippen molar-refractivity contribution in [3.05, 3.63) is 83.8 Å². The number of halogens is 1. The average Bonchev–Trinajstić information content (AvgIpc) is 3.53. The predicted molar refractivity (Wildman–Crippen MR) is 131 cm³/mol. The third-order valence-electron chi connectivity index (χ3n) is 6.63. The van der Waals surface area contributed by atoms with E-state index in [9.17, 15) is 4.39 Å². The van der Waals surface area contributed by atoms with E-state index >= 15 is 0 Å². The molecule has 6 rings (SSSR count). The monoisotopic (exact) mass is 468 g/mol. The first-order chi connectivity index (χ1) is 17.1. The molecule has 0 spiro atoms. The van der Waals surface area contributed by atoms with Crippen LogP contribution in [0.25, 0.3) is 33.6 Å². The van der Waals surface area contributed by atoms with Crippen LogP contribution in [0.1, 0.15) is 35.9 Å². The number of fused-ring (bicyclic) bond motifs is 1. The van der Waals surface area contributed by atoms with E-state index in [1.807, 2.05) is 49.4 Å². The maximum absolute atomic E-state index is 14.1. The Bertz CT molecular complexity index is 1490. The van der Waals surface area contributed by atoms with Gasteiger partial charge in [-0.25, -0.2) is 4.39 Å². The third kappa shape index (κ3) is 4.33. The Hall–Kier alpha value is -3.91. The van der Waals surface area contributed by atoms with Gasteiger partial charge in [0.05, 0.1) is 11.4 Å². The van der Waals surface area contributed by atoms with Gasteiger partial charge in [0.25, 0.3) is 0 Å². The van der Waals surface area contributed by atoms with E-state index in [0.29, 0.717) is 23.9 Å². The lowest BCUT2D eigenvalue weighted by atomic mass is 9.97. The second kappa shape index (κ2) is 9.03. The average molecular weight is 469 g/mol. The first-order valence-corrected chi connectivity index (χ1v) is 11.8. The predicted octanol–water partition coefficient (Wildman–Crippen LogP) is 5.50. The van der Waals surface area contributed by atoms with Gasteiger partial charge in [-0.3, -0.25) is 15.0 Å². The van der Waals surface area contributed by atoms with E-state index in [1.165, 1.54) is 6.07 Å². The summed E-state index contributed by atoms with van der Waals surface area (Å²) in [6, 6.07) is 16.9. The van der Waals surface area contributed by atoms with Gasteiger partial charge in [-0.1, -0.05) is 18.2 Å². The molecule has 4 heterocycles. The fourth-order valence-corrected chi connectivity index (χ4v) is 4.84. The van der Waals surface area contributed by atoms with Gasteiger partial charge in [0.15, 0.2) is 0 Å². The SMILES string of the molecule is Cc1cc(-c2n[nH]c3ccc(-c4nnc([C@@H]5CCCN(Cc6ccccc6F)C5)o4)cc23)ccn1. The Morgan fingerprint density at radius 3 is 2.89 bits per heavy atom. The highest BCUT2D eigenvalue weighted by Crippen LogP contribution is 2.32. The number of aryl methyl sites for hydroxylation is 1. The highest BCUT2D eigenvalue weighted by Gasteiger charge is 2.26. The zero-order valence-electron chi connectivity index (χ0n) is 19.4. The molecule has 0 unspecified atom stereocenters. The number of piperidine rings is 1. The van der Waals surface area contributed by atoms with Gasteiger partial charge in [-0.15, -0.1) is 10.2 Å². The number of nitrogens with one attached hydrogen (secondary N) is 1. The molecule has 0 amide bonds. The summed E-state index contributed by atoms with van der Waals surface area (Å²) in [6.45, 7) is 4.24. The van der Waals surface area contributed by atoms with E-state index in [2.05, 4.69) is 30.3 Å². The summed E-state index contributed by atoms with van der Waals surface area (Å²) in [5.41, 5.74) is 5.31. The molecule has 0 bridgehead atoms. The van der Waals surface area contributed by atoms with Crippen LogP contribution in [0.2, 0.25) is 0 Å². The number of likely N-dealkylation sites (tertiary alicyclic amines) is 1. The van der Waals surface area contributed by atoms with Crippen LogP contribution in [0, 0.1) is 12.7 Å². The molecule has 1 N–H and O–H groups in total. The van der Waals surface area contributed by atoms with Crippen molar-refractivity contribution in [2.45, 2.75) is 32.2 Å². The van der Waals surface area contributed by atoms with Crippen LogP contribution < -0.4 is 0 Å². The van der Waals surface area contributed by atoms with Crippen molar-refractivity contribution in [2.75, 3.05) is 13.1 Å². The Labute approximate surface area is 202 Å². The molecule has 8 heteroatoms. The van der Waals surface area contributed by atoms with E-state index in [4.69, 9.17) is 4.42 Å². The largest absolute Gasteiger partial charge is 0.420 e. The highest BCUT2D eigenvalue weighted by atomic mass is 19.1. The van der Waals surface area contributed by atoms with E-state index in [-0.39, 0.29) is 11.7 Å². The van der Waals surface area contributed by atoms with E-state index < -0.39 is 0 Å². The topological polar surface area (TPSA) is 83.7 Å². The quantitative estimate of drug-likeness (QED) is 0.367. The van der Waals surface area contributed by atoms with Crippen LogP contribution in [0.4, 0.5) is 4.39 Å². The van der Waals surface area contributed by atoms with Crippen molar-refractivity contribution in [3.63, 3.8) is 0 Å². The zero-order chi connectivity index (χ0) is 23.8. The molecule has 2 aromatic carbocycles. The van der Waals surface area contributed by atoms with Crippen molar-refractivity contribution < 1.29 is 8.81 Å². The fourth-order valence-electron chi connectivity index (χ4n) is 4.84. The molecule has 1 aliphatic heterocycles. The summed E-state index contributed by atoms with van der Waals surface area (Å²) < 4.78 is 20.3. The van der Waals surface area contributed by atoms with Crippen molar-refractivity contribution in [2.24, 2.45) is 0 Å². The van der Waals surface area contributed by atoms with Crippen LogP contribution in [-0.2, 0) is 6.54 Å². The molecule has 1 atom stereocenters. The second-order valence-corrected chi connectivity index (χ2v) is 9.13. The summed E-state index contributed by atoms with van der Waals surface area (Å²) in [5, 5.41) is 17.3. The van der Waals surface area contributed by atoms with Crippen LogP contribution in [0.3, 0.4) is 0 Å². The molecular formula is C27H25FN6O. The molecular weight excluding hydrogens is 443 g/mol. The minimum Gasteiger partial charge on any atom is -0.420 e. The van der Waals surface area contributed by atoms with Gasteiger partial charge in [0.2, 0.25) is 11.8 Å². The minimum absolute atomic E-state index is 0.129. The number of aromatic nitrogens is 5. The van der Waals surface area contributed by atoms with Gasteiger partial charge < -0.3 is 4.42 Å². The molecule has 0 saturated carbocycles. The van der Waals surface area contributed by atoms with Crippen molar-refractivity contribution >= 4 is 10.9 Å². The summed E-state index contributed by atoms with van der Waals surface area (Å²) in [4.78, 5) is 6.54. The summed E-state index contributed by atoms with van der Waals surface area (Å²) in [5.74, 6) is 1.09. The molecule has 1 aliphatic rings. The molecule has 3 aromatic heterocycles. The molecule has 176 valence electrons. The number of hydrogen-bond acceptors (Lipinski definition) is 6. The molecule has 5 aromatic rings. The Kier molecular flexibility index (Phi) is 5.58. The Morgan fingerprint density at radius 2 is 2.00 bits per heavy atom. The van der Waals surface area contributed by atoms with Gasteiger partial charge in [0.1, 0.15) is 11.5 Å². The van der Waals surface area contributed by atoms with Crippen LogP contribution in [-0.4, -0.2) is 43.4 Å². The summed E-state index contributed by atoms with van der Waals surface area (Å²) >= 11 is 0. The molecule has 1 fully saturated rings. The number of rotatable bonds is 5. The summed E-state index contributed by atoms with van der Waals surface area (Å²) in [6.07, 6.45) is 3.77. The van der Waals surface area contributed by atoms with Crippen LogP contribution in [0.5, 0.6) is 0 Å².